The van der Waals surface area contributed by atoms with E-state index >= 15 is 0 Å². The first-order chi connectivity index (χ1) is 21.6. The highest BCUT2D eigenvalue weighted by atomic mass is 79.9. The standard InChI is InChI=1S/C42H27BrS/c1-24-10-11-25-12-17-38-41(31(25)20-24)34-22-26(27-14-18-39-32(21-27)33-23-28(43)15-19-40(33)44-39)13-16-37(34)42(38)35-8-4-2-6-29(35)30-7-3-5-9-36(30)42/h2-19,21-24H,20H2,1H3. The summed E-state index contributed by atoms with van der Waals surface area (Å²) in [7, 11) is 0. The summed E-state index contributed by atoms with van der Waals surface area (Å²) in [5, 5.41) is 2.65. The molecule has 3 aliphatic rings. The van der Waals surface area contributed by atoms with Crippen LogP contribution >= 0.6 is 27.3 Å². The van der Waals surface area contributed by atoms with E-state index in [0.717, 1.165) is 10.9 Å². The molecule has 10 rings (SSSR count). The van der Waals surface area contributed by atoms with Crippen LogP contribution in [0.1, 0.15) is 40.3 Å². The molecule has 0 amide bonds. The third-order valence-electron chi connectivity index (χ3n) is 10.3. The van der Waals surface area contributed by atoms with Gasteiger partial charge >= 0.3 is 0 Å². The van der Waals surface area contributed by atoms with Gasteiger partial charge < -0.3 is 0 Å². The van der Waals surface area contributed by atoms with Crippen molar-refractivity contribution in [1.29, 1.82) is 0 Å². The van der Waals surface area contributed by atoms with Crippen molar-refractivity contribution >= 4 is 53.5 Å². The lowest BCUT2D eigenvalue weighted by atomic mass is 9.70. The summed E-state index contributed by atoms with van der Waals surface area (Å²) in [5.41, 5.74) is 16.3. The lowest BCUT2D eigenvalue weighted by Gasteiger charge is -2.31. The fourth-order valence-corrected chi connectivity index (χ4v) is 9.89. The Morgan fingerprint density at radius 2 is 1.27 bits per heavy atom. The van der Waals surface area contributed by atoms with Crippen molar-refractivity contribution in [2.45, 2.75) is 18.8 Å². The summed E-state index contributed by atoms with van der Waals surface area (Å²) < 4.78 is 3.79. The fourth-order valence-electron chi connectivity index (χ4n) is 8.47. The molecule has 1 aromatic heterocycles. The molecule has 6 aromatic carbocycles. The van der Waals surface area contributed by atoms with Crippen molar-refractivity contribution in [2.75, 3.05) is 0 Å². The van der Waals surface area contributed by atoms with Crippen molar-refractivity contribution in [3.8, 4) is 33.4 Å². The molecule has 208 valence electrons. The number of fused-ring (bicyclic) bond motifs is 15. The molecule has 0 N–H and O–H groups in total. The van der Waals surface area contributed by atoms with Crippen molar-refractivity contribution in [2.24, 2.45) is 5.92 Å². The van der Waals surface area contributed by atoms with E-state index in [1.54, 1.807) is 0 Å². The van der Waals surface area contributed by atoms with Crippen LogP contribution in [0.15, 0.2) is 126 Å². The van der Waals surface area contributed by atoms with Gasteiger partial charge in [-0.25, -0.2) is 0 Å². The molecule has 3 aliphatic carbocycles. The largest absolute Gasteiger partial charge is 0.135 e. The number of thiophene rings is 1. The van der Waals surface area contributed by atoms with Crippen LogP contribution in [0.4, 0.5) is 0 Å². The Morgan fingerprint density at radius 3 is 2.07 bits per heavy atom. The molecule has 0 nitrogen and oxygen atoms in total. The van der Waals surface area contributed by atoms with E-state index in [1.807, 2.05) is 11.3 Å². The summed E-state index contributed by atoms with van der Waals surface area (Å²) in [4.78, 5) is 0. The zero-order valence-electron chi connectivity index (χ0n) is 24.2. The maximum atomic E-state index is 3.70. The van der Waals surface area contributed by atoms with Crippen LogP contribution in [-0.4, -0.2) is 0 Å². The van der Waals surface area contributed by atoms with Gasteiger partial charge in [0.1, 0.15) is 0 Å². The highest BCUT2D eigenvalue weighted by Crippen LogP contribution is 2.64. The topological polar surface area (TPSA) is 0 Å². The van der Waals surface area contributed by atoms with E-state index in [9.17, 15) is 0 Å². The summed E-state index contributed by atoms with van der Waals surface area (Å²) >= 11 is 5.57. The first kappa shape index (κ1) is 25.1. The highest BCUT2D eigenvalue weighted by molar-refractivity contribution is 9.10. The second-order valence-electron chi connectivity index (χ2n) is 12.7. The molecule has 1 atom stereocenters. The lowest BCUT2D eigenvalue weighted by Crippen LogP contribution is -2.26. The number of rotatable bonds is 1. The van der Waals surface area contributed by atoms with Gasteiger partial charge in [0, 0.05) is 24.6 Å². The van der Waals surface area contributed by atoms with Gasteiger partial charge in [-0.05, 0) is 115 Å². The summed E-state index contributed by atoms with van der Waals surface area (Å²) in [6.07, 6.45) is 5.79. The molecule has 0 fully saturated rings. The van der Waals surface area contributed by atoms with Crippen LogP contribution in [0, 0.1) is 5.92 Å². The quantitative estimate of drug-likeness (QED) is 0.167. The Morgan fingerprint density at radius 1 is 0.636 bits per heavy atom. The molecule has 44 heavy (non-hydrogen) atoms. The molecular formula is C42H27BrS. The van der Waals surface area contributed by atoms with Gasteiger partial charge in [0.05, 0.1) is 5.41 Å². The second kappa shape index (κ2) is 8.91. The Bertz CT molecular complexity index is 2360. The maximum absolute atomic E-state index is 3.70. The second-order valence-corrected chi connectivity index (χ2v) is 14.7. The van der Waals surface area contributed by atoms with Gasteiger partial charge in [-0.2, -0.15) is 0 Å². The predicted molar refractivity (Wildman–Crippen MR) is 191 cm³/mol. The Balaban J connectivity index is 1.28. The first-order valence-electron chi connectivity index (χ1n) is 15.4. The molecule has 1 unspecified atom stereocenters. The molecule has 0 radical (unpaired) electrons. The van der Waals surface area contributed by atoms with Gasteiger partial charge in [-0.1, -0.05) is 114 Å². The molecule has 0 saturated carbocycles. The Hall–Kier alpha value is -4.24. The van der Waals surface area contributed by atoms with E-state index in [0.29, 0.717) is 5.92 Å². The van der Waals surface area contributed by atoms with Gasteiger partial charge in [-0.3, -0.25) is 0 Å². The van der Waals surface area contributed by atoms with Crippen LogP contribution in [0.2, 0.25) is 0 Å². The molecule has 1 spiro atoms. The van der Waals surface area contributed by atoms with Gasteiger partial charge in [-0.15, -0.1) is 11.3 Å². The molecule has 0 bridgehead atoms. The van der Waals surface area contributed by atoms with Crippen LogP contribution in [0.5, 0.6) is 0 Å². The monoisotopic (exact) mass is 642 g/mol. The molecule has 0 aliphatic heterocycles. The van der Waals surface area contributed by atoms with Crippen LogP contribution in [-0.2, 0) is 11.8 Å². The molecular weight excluding hydrogens is 616 g/mol. The first-order valence-corrected chi connectivity index (χ1v) is 17.0. The highest BCUT2D eigenvalue weighted by Gasteiger charge is 2.52. The van der Waals surface area contributed by atoms with Crippen molar-refractivity contribution in [3.63, 3.8) is 0 Å². The van der Waals surface area contributed by atoms with E-state index < -0.39 is 0 Å². The number of allylic oxidation sites excluding steroid dienone is 1. The number of benzene rings is 6. The average Bonchev–Trinajstić information content (AvgIpc) is 3.67. The number of hydrogen-bond donors (Lipinski definition) is 0. The lowest BCUT2D eigenvalue weighted by molar-refractivity contribution is 0.716. The fraction of sp³-hybridized carbons (Fsp3) is 0.0952. The number of hydrogen-bond acceptors (Lipinski definition) is 1. The van der Waals surface area contributed by atoms with E-state index in [-0.39, 0.29) is 5.41 Å². The van der Waals surface area contributed by atoms with Crippen LogP contribution < -0.4 is 0 Å². The normalized spacial score (nSPS) is 16.6. The minimum Gasteiger partial charge on any atom is -0.135 e. The van der Waals surface area contributed by atoms with Gasteiger partial charge in [0.25, 0.3) is 0 Å². The molecule has 2 heteroatoms. The summed E-state index contributed by atoms with van der Waals surface area (Å²) in [6, 6.07) is 44.0. The predicted octanol–water partition coefficient (Wildman–Crippen LogP) is 12.0. The van der Waals surface area contributed by atoms with Gasteiger partial charge in [0.15, 0.2) is 0 Å². The third-order valence-corrected chi connectivity index (χ3v) is 11.9. The minimum atomic E-state index is -0.310. The maximum Gasteiger partial charge on any atom is 0.0725 e. The van der Waals surface area contributed by atoms with Gasteiger partial charge in [0.2, 0.25) is 0 Å². The summed E-state index contributed by atoms with van der Waals surface area (Å²) in [5.74, 6) is 0.522. The number of halogens is 1. The SMILES string of the molecule is CC1C=Cc2ccc3c(c2C1)-c1cc(-c2ccc4sc5ccc(Br)cc5c4c2)ccc1C31c2ccccc2-c2ccccc21. The van der Waals surface area contributed by atoms with Crippen LogP contribution in [0.25, 0.3) is 59.6 Å². The molecule has 0 saturated heterocycles. The average molecular weight is 644 g/mol. The van der Waals surface area contributed by atoms with Crippen molar-refractivity contribution in [1.82, 2.24) is 0 Å². The minimum absolute atomic E-state index is 0.310. The Kier molecular flexibility index (Phi) is 5.09. The van der Waals surface area contributed by atoms with E-state index in [1.165, 1.54) is 86.9 Å². The summed E-state index contributed by atoms with van der Waals surface area (Å²) in [6.45, 7) is 2.35. The van der Waals surface area contributed by atoms with Crippen molar-refractivity contribution in [3.05, 3.63) is 159 Å². The van der Waals surface area contributed by atoms with Crippen molar-refractivity contribution < 1.29 is 0 Å². The molecule has 1 heterocycles. The molecule has 7 aromatic rings. The Labute approximate surface area is 269 Å². The third kappa shape index (κ3) is 3.18. The smallest absolute Gasteiger partial charge is 0.0725 e. The zero-order valence-corrected chi connectivity index (χ0v) is 26.6. The van der Waals surface area contributed by atoms with E-state index in [4.69, 9.17) is 0 Å². The zero-order chi connectivity index (χ0) is 29.2. The van der Waals surface area contributed by atoms with E-state index in [2.05, 4.69) is 150 Å². The van der Waals surface area contributed by atoms with Crippen LogP contribution in [0.3, 0.4) is 0 Å².